The highest BCUT2D eigenvalue weighted by Crippen LogP contribution is 2.25. The number of nitrogens with zero attached hydrogens (tertiary/aromatic N) is 2. The maximum atomic E-state index is 12.0. The first-order valence-corrected chi connectivity index (χ1v) is 8.87. The zero-order valence-corrected chi connectivity index (χ0v) is 14.1. The third kappa shape index (κ3) is 4.39. The normalized spacial score (nSPS) is 11.0. The van der Waals surface area contributed by atoms with E-state index >= 15 is 0 Å². The Hall–Kier alpha value is -3.34. The molecule has 0 radical (unpaired) electrons. The predicted molar refractivity (Wildman–Crippen MR) is 88.4 cm³/mol. The number of ether oxygens (including phenoxy) is 1. The SMILES string of the molecule is CS(=O)(=O)c1ccc(C(=O)OCc2ccc([N+](=O)[O-])cc2)cc1[N+](=O)[O-]. The van der Waals surface area contributed by atoms with E-state index < -0.39 is 36.2 Å². The highest BCUT2D eigenvalue weighted by atomic mass is 32.2. The molecule has 2 aromatic rings. The van der Waals surface area contributed by atoms with Gasteiger partial charge < -0.3 is 4.74 Å². The molecule has 2 rings (SSSR count). The van der Waals surface area contributed by atoms with Gasteiger partial charge >= 0.3 is 5.97 Å². The second-order valence-corrected chi connectivity index (χ2v) is 7.20. The molecule has 0 fully saturated rings. The van der Waals surface area contributed by atoms with Crippen molar-refractivity contribution in [3.05, 3.63) is 73.8 Å². The summed E-state index contributed by atoms with van der Waals surface area (Å²) in [5, 5.41) is 21.6. The number of rotatable bonds is 6. The fourth-order valence-corrected chi connectivity index (χ4v) is 2.88. The maximum Gasteiger partial charge on any atom is 0.338 e. The second kappa shape index (κ2) is 7.27. The highest BCUT2D eigenvalue weighted by Gasteiger charge is 2.24. The van der Waals surface area contributed by atoms with E-state index in [0.29, 0.717) is 5.56 Å². The van der Waals surface area contributed by atoms with Gasteiger partial charge in [0.2, 0.25) is 0 Å². The molecule has 26 heavy (non-hydrogen) atoms. The van der Waals surface area contributed by atoms with Gasteiger partial charge in [-0.05, 0) is 29.8 Å². The Morgan fingerprint density at radius 1 is 1.04 bits per heavy atom. The zero-order chi connectivity index (χ0) is 19.5. The van der Waals surface area contributed by atoms with E-state index in [1.54, 1.807) is 0 Å². The molecule has 0 atom stereocenters. The molecule has 11 heteroatoms. The van der Waals surface area contributed by atoms with Crippen LogP contribution in [0, 0.1) is 20.2 Å². The average molecular weight is 380 g/mol. The van der Waals surface area contributed by atoms with Crippen molar-refractivity contribution in [1.82, 2.24) is 0 Å². The average Bonchev–Trinajstić information content (AvgIpc) is 2.58. The lowest BCUT2D eigenvalue weighted by Crippen LogP contribution is -2.08. The molecule has 0 N–H and O–H groups in total. The Balaban J connectivity index is 2.18. The van der Waals surface area contributed by atoms with Crippen LogP contribution in [0.3, 0.4) is 0 Å². The van der Waals surface area contributed by atoms with Crippen LogP contribution in [0.4, 0.5) is 11.4 Å². The summed E-state index contributed by atoms with van der Waals surface area (Å²) < 4.78 is 28.1. The summed E-state index contributed by atoms with van der Waals surface area (Å²) in [4.78, 5) is 31.7. The maximum absolute atomic E-state index is 12.0. The number of non-ortho nitro benzene ring substituents is 1. The predicted octanol–water partition coefficient (Wildman–Crippen LogP) is 2.26. The van der Waals surface area contributed by atoms with Gasteiger partial charge in [0.05, 0.1) is 15.4 Å². The molecule has 0 heterocycles. The number of benzene rings is 2. The van der Waals surface area contributed by atoms with Crippen LogP contribution in [-0.2, 0) is 21.2 Å². The van der Waals surface area contributed by atoms with E-state index in [-0.39, 0.29) is 17.9 Å². The molecule has 0 aliphatic heterocycles. The molecule has 10 nitrogen and oxygen atoms in total. The number of carbonyl (C=O) groups excluding carboxylic acids is 1. The third-order valence-electron chi connectivity index (χ3n) is 3.31. The van der Waals surface area contributed by atoms with Gasteiger partial charge in [-0.2, -0.15) is 0 Å². The van der Waals surface area contributed by atoms with Crippen molar-refractivity contribution in [3.63, 3.8) is 0 Å². The summed E-state index contributed by atoms with van der Waals surface area (Å²) in [5.74, 6) is -0.897. The lowest BCUT2D eigenvalue weighted by molar-refractivity contribution is -0.387. The Morgan fingerprint density at radius 3 is 2.15 bits per heavy atom. The van der Waals surface area contributed by atoms with Gasteiger partial charge in [0.1, 0.15) is 11.5 Å². The summed E-state index contributed by atoms with van der Waals surface area (Å²) in [6.07, 6.45) is 0.821. The number of carbonyl (C=O) groups is 1. The second-order valence-electron chi connectivity index (χ2n) is 5.21. The molecule has 0 spiro atoms. The van der Waals surface area contributed by atoms with Crippen molar-refractivity contribution < 1.29 is 27.8 Å². The molecule has 0 bridgehead atoms. The lowest BCUT2D eigenvalue weighted by atomic mass is 10.2. The summed E-state index contributed by atoms with van der Waals surface area (Å²) >= 11 is 0. The van der Waals surface area contributed by atoms with E-state index in [0.717, 1.165) is 24.5 Å². The quantitative estimate of drug-likeness (QED) is 0.421. The van der Waals surface area contributed by atoms with Crippen LogP contribution in [0.2, 0.25) is 0 Å². The largest absolute Gasteiger partial charge is 0.457 e. The number of nitro groups is 2. The molecule has 0 aromatic heterocycles. The van der Waals surface area contributed by atoms with Gasteiger partial charge in [-0.15, -0.1) is 0 Å². The molecular formula is C15H12N2O8S. The van der Waals surface area contributed by atoms with E-state index in [4.69, 9.17) is 4.74 Å². The monoisotopic (exact) mass is 380 g/mol. The number of sulfone groups is 1. The van der Waals surface area contributed by atoms with Crippen LogP contribution < -0.4 is 0 Å². The Kier molecular flexibility index (Phi) is 5.31. The van der Waals surface area contributed by atoms with E-state index in [1.165, 1.54) is 24.3 Å². The fraction of sp³-hybridized carbons (Fsp3) is 0.133. The first kappa shape index (κ1) is 19.0. The van der Waals surface area contributed by atoms with E-state index in [1.807, 2.05) is 0 Å². The van der Waals surface area contributed by atoms with Crippen molar-refractivity contribution in [3.8, 4) is 0 Å². The first-order valence-electron chi connectivity index (χ1n) is 6.98. The molecule has 0 aliphatic carbocycles. The minimum Gasteiger partial charge on any atom is -0.457 e. The zero-order valence-electron chi connectivity index (χ0n) is 13.3. The molecule has 2 aromatic carbocycles. The van der Waals surface area contributed by atoms with Crippen LogP contribution in [0.25, 0.3) is 0 Å². The van der Waals surface area contributed by atoms with Crippen LogP contribution in [-0.4, -0.2) is 30.5 Å². The van der Waals surface area contributed by atoms with Crippen molar-refractivity contribution in [1.29, 1.82) is 0 Å². The van der Waals surface area contributed by atoms with Crippen molar-refractivity contribution in [2.75, 3.05) is 6.26 Å². The molecular weight excluding hydrogens is 368 g/mol. The number of hydrogen-bond donors (Lipinski definition) is 0. The third-order valence-corrected chi connectivity index (χ3v) is 4.45. The van der Waals surface area contributed by atoms with Crippen molar-refractivity contribution >= 4 is 27.2 Å². The molecule has 0 saturated carbocycles. The van der Waals surface area contributed by atoms with E-state index in [2.05, 4.69) is 0 Å². The standard InChI is InChI=1S/C15H12N2O8S/c1-26(23,24)14-7-4-11(8-13(14)17(21)22)15(18)25-9-10-2-5-12(6-3-10)16(19)20/h2-8H,9H2,1H3. The summed E-state index contributed by atoms with van der Waals surface area (Å²) in [7, 11) is -3.84. The van der Waals surface area contributed by atoms with Crippen LogP contribution >= 0.6 is 0 Å². The summed E-state index contributed by atoms with van der Waals surface area (Å²) in [6.45, 7) is -0.210. The number of nitro benzene ring substituents is 2. The minimum atomic E-state index is -3.84. The van der Waals surface area contributed by atoms with Crippen molar-refractivity contribution in [2.45, 2.75) is 11.5 Å². The smallest absolute Gasteiger partial charge is 0.338 e. The fourth-order valence-electron chi connectivity index (χ4n) is 2.05. The molecule has 0 saturated heterocycles. The number of esters is 1. The van der Waals surface area contributed by atoms with Crippen LogP contribution in [0.15, 0.2) is 47.4 Å². The summed E-state index contributed by atoms with van der Waals surface area (Å²) in [6, 6.07) is 8.21. The van der Waals surface area contributed by atoms with Gasteiger partial charge in [0, 0.05) is 24.5 Å². The lowest BCUT2D eigenvalue weighted by Gasteiger charge is -2.06. The van der Waals surface area contributed by atoms with Gasteiger partial charge in [0.25, 0.3) is 11.4 Å². The van der Waals surface area contributed by atoms with Gasteiger partial charge in [-0.25, -0.2) is 13.2 Å². The Morgan fingerprint density at radius 2 is 1.65 bits per heavy atom. The Labute approximate surface area is 147 Å². The first-order chi connectivity index (χ1) is 12.1. The highest BCUT2D eigenvalue weighted by molar-refractivity contribution is 7.90. The summed E-state index contributed by atoms with van der Waals surface area (Å²) in [5.41, 5.74) is -0.554. The molecule has 0 aliphatic rings. The number of hydrogen-bond acceptors (Lipinski definition) is 8. The van der Waals surface area contributed by atoms with Gasteiger partial charge in [0.15, 0.2) is 9.84 Å². The van der Waals surface area contributed by atoms with Crippen molar-refractivity contribution in [2.24, 2.45) is 0 Å². The van der Waals surface area contributed by atoms with Gasteiger partial charge in [-0.3, -0.25) is 20.2 Å². The Bertz CT molecular complexity index is 983. The molecule has 136 valence electrons. The van der Waals surface area contributed by atoms with Crippen LogP contribution in [0.1, 0.15) is 15.9 Å². The molecule has 0 unspecified atom stereocenters. The minimum absolute atomic E-state index is 0.118. The topological polar surface area (TPSA) is 147 Å². The van der Waals surface area contributed by atoms with Gasteiger partial charge in [-0.1, -0.05) is 0 Å². The van der Waals surface area contributed by atoms with E-state index in [9.17, 15) is 33.4 Å². The van der Waals surface area contributed by atoms with Crippen LogP contribution in [0.5, 0.6) is 0 Å². The molecule has 0 amide bonds.